The molecule has 0 saturated carbocycles. The monoisotopic (exact) mass is 368 g/mol. The van der Waals surface area contributed by atoms with Gasteiger partial charge in [-0.25, -0.2) is 4.39 Å². The number of para-hydroxylation sites is 1. The van der Waals surface area contributed by atoms with Crippen LogP contribution in [0, 0.1) is 12.7 Å². The van der Waals surface area contributed by atoms with E-state index in [1.165, 1.54) is 12.1 Å². The van der Waals surface area contributed by atoms with E-state index in [4.69, 9.17) is 16.3 Å². The second-order valence-electron chi connectivity index (χ2n) is 5.69. The highest BCUT2D eigenvalue weighted by Crippen LogP contribution is 2.32. The van der Waals surface area contributed by atoms with Crippen molar-refractivity contribution < 1.29 is 18.7 Å². The van der Waals surface area contributed by atoms with Gasteiger partial charge >= 0.3 is 0 Å². The van der Waals surface area contributed by atoms with Crippen LogP contribution in [-0.4, -0.2) is 11.0 Å². The average molecular weight is 369 g/mol. The van der Waals surface area contributed by atoms with Crippen molar-refractivity contribution in [3.05, 3.63) is 94.8 Å². The fourth-order valence-corrected chi connectivity index (χ4v) is 2.68. The third kappa shape index (κ3) is 3.65. The number of halogens is 2. The number of rotatable bonds is 5. The van der Waals surface area contributed by atoms with Crippen LogP contribution in [0.25, 0.3) is 0 Å². The molecule has 0 bridgehead atoms. The Morgan fingerprint density at radius 1 is 0.923 bits per heavy atom. The van der Waals surface area contributed by atoms with Crippen LogP contribution in [0.4, 0.5) is 4.39 Å². The standard InChI is InChI=1S/C21H14ClFO3/c1-13-6-5-7-14(12-13)19(24)16-10-11-17(21(22)25)20(18(16)23)26-15-8-3-2-4-9-15/h2-12H,1H3. The molecule has 0 aliphatic rings. The SMILES string of the molecule is Cc1cccc(C(=O)c2ccc(C(=O)Cl)c(Oc3ccccc3)c2F)c1. The number of hydrogen-bond donors (Lipinski definition) is 0. The molecule has 130 valence electrons. The lowest BCUT2D eigenvalue weighted by molar-refractivity contribution is 0.103. The molecule has 0 amide bonds. The second kappa shape index (κ2) is 7.50. The number of ether oxygens (including phenoxy) is 1. The average Bonchev–Trinajstić information content (AvgIpc) is 2.63. The van der Waals surface area contributed by atoms with Crippen LogP contribution in [0.3, 0.4) is 0 Å². The molecule has 0 spiro atoms. The van der Waals surface area contributed by atoms with Gasteiger partial charge in [0.05, 0.1) is 11.1 Å². The van der Waals surface area contributed by atoms with Crippen molar-refractivity contribution in [3.8, 4) is 11.5 Å². The van der Waals surface area contributed by atoms with Crippen molar-refractivity contribution in [2.45, 2.75) is 6.92 Å². The lowest BCUT2D eigenvalue weighted by Gasteiger charge is -2.13. The topological polar surface area (TPSA) is 43.4 Å². The molecule has 0 radical (unpaired) electrons. The van der Waals surface area contributed by atoms with E-state index in [1.54, 1.807) is 48.5 Å². The molecule has 0 unspecified atom stereocenters. The fourth-order valence-electron chi connectivity index (χ4n) is 2.53. The van der Waals surface area contributed by atoms with E-state index in [2.05, 4.69) is 0 Å². The van der Waals surface area contributed by atoms with Crippen molar-refractivity contribution in [2.24, 2.45) is 0 Å². The minimum absolute atomic E-state index is 0.145. The van der Waals surface area contributed by atoms with Crippen LogP contribution < -0.4 is 4.74 Å². The normalized spacial score (nSPS) is 10.4. The van der Waals surface area contributed by atoms with Crippen LogP contribution in [-0.2, 0) is 0 Å². The van der Waals surface area contributed by atoms with Crippen molar-refractivity contribution in [3.63, 3.8) is 0 Å². The zero-order valence-electron chi connectivity index (χ0n) is 13.8. The molecule has 26 heavy (non-hydrogen) atoms. The first-order valence-corrected chi connectivity index (χ1v) is 8.22. The van der Waals surface area contributed by atoms with Crippen LogP contribution in [0.1, 0.15) is 31.8 Å². The molecule has 0 aromatic heterocycles. The van der Waals surface area contributed by atoms with E-state index in [-0.39, 0.29) is 16.9 Å². The molecule has 0 aliphatic carbocycles. The Labute approximate surface area is 155 Å². The van der Waals surface area contributed by atoms with Gasteiger partial charge in [0.2, 0.25) is 0 Å². The molecule has 5 heteroatoms. The Kier molecular flexibility index (Phi) is 5.14. The number of carbonyl (C=O) groups is 2. The van der Waals surface area contributed by atoms with Crippen LogP contribution in [0.2, 0.25) is 0 Å². The number of carbonyl (C=O) groups excluding carboxylic acids is 2. The second-order valence-corrected chi connectivity index (χ2v) is 6.03. The van der Waals surface area contributed by atoms with E-state index in [0.29, 0.717) is 11.3 Å². The van der Waals surface area contributed by atoms with E-state index in [0.717, 1.165) is 5.56 Å². The Morgan fingerprint density at radius 3 is 2.27 bits per heavy atom. The van der Waals surface area contributed by atoms with Gasteiger partial charge in [-0.1, -0.05) is 42.0 Å². The summed E-state index contributed by atoms with van der Waals surface area (Å²) < 4.78 is 20.6. The molecule has 0 atom stereocenters. The first-order valence-electron chi connectivity index (χ1n) is 7.84. The molecule has 3 aromatic carbocycles. The maximum absolute atomic E-state index is 15.1. The summed E-state index contributed by atoms with van der Waals surface area (Å²) in [5, 5.41) is -0.871. The lowest BCUT2D eigenvalue weighted by atomic mass is 9.99. The third-order valence-corrected chi connectivity index (χ3v) is 4.00. The number of benzene rings is 3. The van der Waals surface area contributed by atoms with E-state index < -0.39 is 16.8 Å². The molecule has 0 heterocycles. The molecule has 3 aromatic rings. The van der Waals surface area contributed by atoms with E-state index >= 15 is 4.39 Å². The fraction of sp³-hybridized carbons (Fsp3) is 0.0476. The van der Waals surface area contributed by atoms with Gasteiger partial charge in [0.1, 0.15) is 5.75 Å². The summed E-state index contributed by atoms with van der Waals surface area (Å²) in [4.78, 5) is 24.3. The molecule has 0 saturated heterocycles. The van der Waals surface area contributed by atoms with Gasteiger partial charge in [0, 0.05) is 5.56 Å². The predicted molar refractivity (Wildman–Crippen MR) is 97.7 cm³/mol. The highest BCUT2D eigenvalue weighted by molar-refractivity contribution is 6.68. The third-order valence-electron chi connectivity index (χ3n) is 3.80. The quantitative estimate of drug-likeness (QED) is 0.439. The zero-order valence-corrected chi connectivity index (χ0v) is 14.6. The van der Waals surface area contributed by atoms with Crippen molar-refractivity contribution in [2.75, 3.05) is 0 Å². The molecule has 0 N–H and O–H groups in total. The van der Waals surface area contributed by atoms with Crippen LogP contribution in [0.15, 0.2) is 66.7 Å². The molecular formula is C21H14ClFO3. The first kappa shape index (κ1) is 17.8. The maximum Gasteiger partial charge on any atom is 0.256 e. The van der Waals surface area contributed by atoms with Gasteiger partial charge in [-0.05, 0) is 48.9 Å². The molecule has 0 fully saturated rings. The Morgan fingerprint density at radius 2 is 1.62 bits per heavy atom. The number of aryl methyl sites for hydroxylation is 1. The summed E-state index contributed by atoms with van der Waals surface area (Å²) >= 11 is 5.55. The van der Waals surface area contributed by atoms with Gasteiger partial charge in [-0.2, -0.15) is 0 Å². The molecule has 3 rings (SSSR count). The molecular weight excluding hydrogens is 355 g/mol. The highest BCUT2D eigenvalue weighted by Gasteiger charge is 2.23. The van der Waals surface area contributed by atoms with Gasteiger partial charge in [0.15, 0.2) is 17.3 Å². The van der Waals surface area contributed by atoms with Gasteiger partial charge in [-0.3, -0.25) is 9.59 Å². The summed E-state index contributed by atoms with van der Waals surface area (Å²) in [7, 11) is 0. The largest absolute Gasteiger partial charge is 0.453 e. The summed E-state index contributed by atoms with van der Waals surface area (Å²) in [6, 6.07) is 17.8. The van der Waals surface area contributed by atoms with Crippen LogP contribution >= 0.6 is 11.6 Å². The van der Waals surface area contributed by atoms with Crippen molar-refractivity contribution in [1.82, 2.24) is 0 Å². The predicted octanol–water partition coefficient (Wildman–Crippen LogP) is 5.54. The summed E-state index contributed by atoms with van der Waals surface area (Å²) in [5.74, 6) is -1.47. The summed E-state index contributed by atoms with van der Waals surface area (Å²) in [6.45, 7) is 1.84. The Bertz CT molecular complexity index is 984. The Balaban J connectivity index is 2.09. The Hall–Kier alpha value is -2.98. The minimum Gasteiger partial charge on any atom is -0.453 e. The summed E-state index contributed by atoms with van der Waals surface area (Å²) in [6.07, 6.45) is 0. The maximum atomic E-state index is 15.1. The summed E-state index contributed by atoms with van der Waals surface area (Å²) in [5.41, 5.74) is 0.890. The van der Waals surface area contributed by atoms with Crippen LogP contribution in [0.5, 0.6) is 11.5 Å². The van der Waals surface area contributed by atoms with Gasteiger partial charge in [-0.15, -0.1) is 0 Å². The lowest BCUT2D eigenvalue weighted by Crippen LogP contribution is -2.08. The molecule has 3 nitrogen and oxygen atoms in total. The zero-order chi connectivity index (χ0) is 18.7. The number of hydrogen-bond acceptors (Lipinski definition) is 3. The smallest absolute Gasteiger partial charge is 0.256 e. The van der Waals surface area contributed by atoms with Crippen molar-refractivity contribution >= 4 is 22.6 Å². The van der Waals surface area contributed by atoms with Gasteiger partial charge in [0.25, 0.3) is 5.24 Å². The first-order chi connectivity index (χ1) is 12.5. The van der Waals surface area contributed by atoms with E-state index in [1.807, 2.05) is 13.0 Å². The van der Waals surface area contributed by atoms with E-state index in [9.17, 15) is 9.59 Å². The minimum atomic E-state index is -0.924. The molecule has 0 aliphatic heterocycles. The van der Waals surface area contributed by atoms with Gasteiger partial charge < -0.3 is 4.74 Å². The number of ketones is 1. The highest BCUT2D eigenvalue weighted by atomic mass is 35.5. The van der Waals surface area contributed by atoms with Crippen molar-refractivity contribution in [1.29, 1.82) is 0 Å².